The SMILES string of the molecule is C[C@@H]1Cc2ccccc2N1C(=O)COC(=O)c1ccc(N)cc1. The van der Waals surface area contributed by atoms with Gasteiger partial charge in [-0.1, -0.05) is 18.2 Å². The quantitative estimate of drug-likeness (QED) is 0.698. The van der Waals surface area contributed by atoms with Crippen LogP contribution in [0.2, 0.25) is 0 Å². The zero-order valence-electron chi connectivity index (χ0n) is 12.9. The molecule has 0 spiro atoms. The first-order chi connectivity index (χ1) is 11.1. The maximum atomic E-state index is 12.4. The summed E-state index contributed by atoms with van der Waals surface area (Å²) in [7, 11) is 0. The monoisotopic (exact) mass is 310 g/mol. The third kappa shape index (κ3) is 3.04. The van der Waals surface area contributed by atoms with Gasteiger partial charge in [-0.15, -0.1) is 0 Å². The van der Waals surface area contributed by atoms with Crippen molar-refractivity contribution in [3.63, 3.8) is 0 Å². The number of carbonyl (C=O) groups excluding carboxylic acids is 2. The summed E-state index contributed by atoms with van der Waals surface area (Å²) in [4.78, 5) is 26.1. The van der Waals surface area contributed by atoms with Crippen LogP contribution in [0.3, 0.4) is 0 Å². The van der Waals surface area contributed by atoms with Gasteiger partial charge in [0.2, 0.25) is 0 Å². The third-order valence-corrected chi connectivity index (χ3v) is 3.95. The predicted octanol–water partition coefficient (Wildman–Crippen LogP) is 2.40. The predicted molar refractivity (Wildman–Crippen MR) is 88.2 cm³/mol. The Hall–Kier alpha value is -2.82. The molecule has 5 nitrogen and oxygen atoms in total. The number of ether oxygens (including phenoxy) is 1. The van der Waals surface area contributed by atoms with Gasteiger partial charge in [-0.25, -0.2) is 4.79 Å². The van der Waals surface area contributed by atoms with E-state index in [4.69, 9.17) is 10.5 Å². The highest BCUT2D eigenvalue weighted by Crippen LogP contribution is 2.31. The van der Waals surface area contributed by atoms with Crippen LogP contribution in [-0.2, 0) is 16.0 Å². The second-order valence-electron chi connectivity index (χ2n) is 5.64. The van der Waals surface area contributed by atoms with Gasteiger partial charge in [-0.2, -0.15) is 0 Å². The number of hydrogen-bond acceptors (Lipinski definition) is 4. The summed E-state index contributed by atoms with van der Waals surface area (Å²) in [6.07, 6.45) is 0.813. The molecule has 2 aromatic carbocycles. The van der Waals surface area contributed by atoms with E-state index in [1.54, 1.807) is 29.2 Å². The minimum Gasteiger partial charge on any atom is -0.452 e. The molecule has 0 bridgehead atoms. The van der Waals surface area contributed by atoms with Crippen LogP contribution in [0.5, 0.6) is 0 Å². The average Bonchev–Trinajstić information content (AvgIpc) is 2.88. The molecular formula is C18H18N2O3. The van der Waals surface area contributed by atoms with Gasteiger partial charge in [-0.05, 0) is 49.2 Å². The fraction of sp³-hybridized carbons (Fsp3) is 0.222. The lowest BCUT2D eigenvalue weighted by Crippen LogP contribution is -2.38. The van der Waals surface area contributed by atoms with E-state index >= 15 is 0 Å². The summed E-state index contributed by atoms with van der Waals surface area (Å²) in [5, 5.41) is 0. The Labute approximate surface area is 134 Å². The number of nitrogens with two attached hydrogens (primary N) is 1. The molecule has 3 rings (SSSR count). The zero-order valence-corrected chi connectivity index (χ0v) is 12.9. The minimum atomic E-state index is -0.529. The van der Waals surface area contributed by atoms with E-state index in [0.717, 1.165) is 17.7 Å². The summed E-state index contributed by atoms with van der Waals surface area (Å²) >= 11 is 0. The lowest BCUT2D eigenvalue weighted by atomic mass is 10.1. The first kappa shape index (κ1) is 15.1. The van der Waals surface area contributed by atoms with E-state index in [1.807, 2.05) is 31.2 Å². The first-order valence-corrected chi connectivity index (χ1v) is 7.49. The van der Waals surface area contributed by atoms with Gasteiger partial charge < -0.3 is 15.4 Å². The van der Waals surface area contributed by atoms with Crippen molar-refractivity contribution in [2.45, 2.75) is 19.4 Å². The number of rotatable bonds is 3. The van der Waals surface area contributed by atoms with Gasteiger partial charge in [0.1, 0.15) is 0 Å². The van der Waals surface area contributed by atoms with Crippen molar-refractivity contribution < 1.29 is 14.3 Å². The highest BCUT2D eigenvalue weighted by atomic mass is 16.5. The molecule has 1 heterocycles. The second kappa shape index (κ2) is 6.12. The van der Waals surface area contributed by atoms with Gasteiger partial charge in [0.15, 0.2) is 6.61 Å². The number of hydrogen-bond donors (Lipinski definition) is 1. The van der Waals surface area contributed by atoms with Crippen molar-refractivity contribution in [3.8, 4) is 0 Å². The number of amides is 1. The van der Waals surface area contributed by atoms with Crippen LogP contribution in [0, 0.1) is 0 Å². The molecule has 1 aliphatic rings. The molecule has 0 fully saturated rings. The number of anilines is 2. The number of benzene rings is 2. The van der Waals surface area contributed by atoms with Crippen molar-refractivity contribution in [2.24, 2.45) is 0 Å². The molecule has 0 saturated carbocycles. The number of fused-ring (bicyclic) bond motifs is 1. The van der Waals surface area contributed by atoms with Crippen molar-refractivity contribution in [1.82, 2.24) is 0 Å². The topological polar surface area (TPSA) is 72.6 Å². The van der Waals surface area contributed by atoms with Crippen LogP contribution in [0.4, 0.5) is 11.4 Å². The number of nitrogen functional groups attached to an aromatic ring is 1. The van der Waals surface area contributed by atoms with Gasteiger partial charge in [-0.3, -0.25) is 4.79 Å². The lowest BCUT2D eigenvalue weighted by Gasteiger charge is -2.22. The number of para-hydroxylation sites is 1. The molecule has 0 saturated heterocycles. The van der Waals surface area contributed by atoms with Crippen LogP contribution in [0.1, 0.15) is 22.8 Å². The Bertz CT molecular complexity index is 740. The van der Waals surface area contributed by atoms with E-state index in [1.165, 1.54) is 0 Å². The molecule has 0 aliphatic carbocycles. The van der Waals surface area contributed by atoms with E-state index in [0.29, 0.717) is 11.3 Å². The standard InChI is InChI=1S/C18H18N2O3/c1-12-10-14-4-2-3-5-16(14)20(12)17(21)11-23-18(22)13-6-8-15(19)9-7-13/h2-9,12H,10-11,19H2,1H3/t12-/m1/s1. The maximum absolute atomic E-state index is 12.4. The molecule has 5 heteroatoms. The molecule has 118 valence electrons. The molecule has 2 N–H and O–H groups in total. The number of carbonyl (C=O) groups is 2. The molecule has 23 heavy (non-hydrogen) atoms. The second-order valence-corrected chi connectivity index (χ2v) is 5.64. The summed E-state index contributed by atoms with van der Waals surface area (Å²) in [5.74, 6) is -0.746. The fourth-order valence-electron chi connectivity index (χ4n) is 2.84. The normalized spacial score (nSPS) is 16.0. The zero-order chi connectivity index (χ0) is 16.4. The smallest absolute Gasteiger partial charge is 0.338 e. The largest absolute Gasteiger partial charge is 0.452 e. The minimum absolute atomic E-state index is 0.0649. The van der Waals surface area contributed by atoms with Crippen LogP contribution in [0.25, 0.3) is 0 Å². The third-order valence-electron chi connectivity index (χ3n) is 3.95. The van der Waals surface area contributed by atoms with Gasteiger partial charge >= 0.3 is 5.97 Å². The number of nitrogens with zero attached hydrogens (tertiary/aromatic N) is 1. The molecule has 0 unspecified atom stereocenters. The summed E-state index contributed by atoms with van der Waals surface area (Å²) < 4.78 is 5.13. The highest BCUT2D eigenvalue weighted by molar-refractivity contribution is 5.99. The maximum Gasteiger partial charge on any atom is 0.338 e. The molecule has 0 aromatic heterocycles. The van der Waals surface area contributed by atoms with Crippen LogP contribution < -0.4 is 10.6 Å². The van der Waals surface area contributed by atoms with Crippen LogP contribution in [-0.4, -0.2) is 24.5 Å². The Balaban J connectivity index is 1.66. The van der Waals surface area contributed by atoms with Crippen LogP contribution >= 0.6 is 0 Å². The van der Waals surface area contributed by atoms with E-state index in [-0.39, 0.29) is 18.6 Å². The molecule has 1 atom stereocenters. The average molecular weight is 310 g/mol. The molecule has 0 radical (unpaired) electrons. The van der Waals surface area contributed by atoms with Crippen molar-refractivity contribution >= 4 is 23.3 Å². The summed E-state index contributed by atoms with van der Waals surface area (Å²) in [5.41, 5.74) is 8.56. The van der Waals surface area contributed by atoms with E-state index in [9.17, 15) is 9.59 Å². The van der Waals surface area contributed by atoms with Gasteiger partial charge in [0.05, 0.1) is 5.56 Å². The molecule has 2 aromatic rings. The van der Waals surface area contributed by atoms with Gasteiger partial charge in [0.25, 0.3) is 5.91 Å². The number of esters is 1. The Morgan fingerprint density at radius 2 is 1.87 bits per heavy atom. The van der Waals surface area contributed by atoms with E-state index in [2.05, 4.69) is 0 Å². The molecular weight excluding hydrogens is 292 g/mol. The Kier molecular flexibility index (Phi) is 4.02. The Morgan fingerprint density at radius 3 is 2.61 bits per heavy atom. The first-order valence-electron chi connectivity index (χ1n) is 7.49. The Morgan fingerprint density at radius 1 is 1.17 bits per heavy atom. The van der Waals surface area contributed by atoms with Crippen molar-refractivity contribution in [1.29, 1.82) is 0 Å². The molecule has 1 amide bonds. The van der Waals surface area contributed by atoms with Crippen molar-refractivity contribution in [2.75, 3.05) is 17.2 Å². The van der Waals surface area contributed by atoms with E-state index < -0.39 is 5.97 Å². The van der Waals surface area contributed by atoms with Gasteiger partial charge in [0, 0.05) is 17.4 Å². The summed E-state index contributed by atoms with van der Waals surface area (Å²) in [6, 6.07) is 14.3. The lowest BCUT2D eigenvalue weighted by molar-refractivity contribution is -0.122. The molecule has 1 aliphatic heterocycles. The highest BCUT2D eigenvalue weighted by Gasteiger charge is 2.30. The van der Waals surface area contributed by atoms with Crippen LogP contribution in [0.15, 0.2) is 48.5 Å². The fourth-order valence-corrected chi connectivity index (χ4v) is 2.84. The van der Waals surface area contributed by atoms with Crippen molar-refractivity contribution in [3.05, 3.63) is 59.7 Å². The summed E-state index contributed by atoms with van der Waals surface area (Å²) in [6.45, 7) is 1.71.